The summed E-state index contributed by atoms with van der Waals surface area (Å²) in [6.07, 6.45) is 0.989. The molecular formula is C14H13Cl. The molecule has 0 N–H and O–H groups in total. The Bertz CT molecular complexity index is 403. The lowest BCUT2D eigenvalue weighted by Gasteiger charge is -2.02. The monoisotopic (exact) mass is 216 g/mol. The lowest BCUT2D eigenvalue weighted by Crippen LogP contribution is -1.87. The molecule has 2 aromatic carbocycles. The van der Waals surface area contributed by atoms with Crippen molar-refractivity contribution in [2.24, 2.45) is 0 Å². The van der Waals surface area contributed by atoms with Crippen LogP contribution in [0.3, 0.4) is 0 Å². The molecule has 0 amide bonds. The molecule has 2 rings (SSSR count). The van der Waals surface area contributed by atoms with Gasteiger partial charge >= 0.3 is 0 Å². The van der Waals surface area contributed by atoms with Gasteiger partial charge in [-0.25, -0.2) is 0 Å². The normalized spacial score (nSPS) is 10.2. The first-order valence-electron chi connectivity index (χ1n) is 5.06. The lowest BCUT2D eigenvalue weighted by molar-refractivity contribution is 1.18. The highest BCUT2D eigenvalue weighted by Crippen LogP contribution is 2.11. The average molecular weight is 217 g/mol. The number of alkyl halides is 1. The Hall–Kier alpha value is -1.27. The second-order valence-electron chi connectivity index (χ2n) is 3.61. The Morgan fingerprint density at radius 2 is 1.20 bits per heavy atom. The van der Waals surface area contributed by atoms with Crippen molar-refractivity contribution in [3.05, 3.63) is 71.3 Å². The first-order valence-corrected chi connectivity index (χ1v) is 5.59. The van der Waals surface area contributed by atoms with Gasteiger partial charge in [-0.3, -0.25) is 0 Å². The van der Waals surface area contributed by atoms with Crippen LogP contribution in [-0.4, -0.2) is 0 Å². The molecule has 0 radical (unpaired) electrons. The Balaban J connectivity index is 2.11. The topological polar surface area (TPSA) is 0 Å². The van der Waals surface area contributed by atoms with Gasteiger partial charge in [0.1, 0.15) is 0 Å². The fraction of sp³-hybridized carbons (Fsp3) is 0.143. The molecule has 0 aliphatic rings. The average Bonchev–Trinajstić information content (AvgIpc) is 2.31. The van der Waals surface area contributed by atoms with Crippen LogP contribution in [0.5, 0.6) is 0 Å². The minimum atomic E-state index is 0.589. The van der Waals surface area contributed by atoms with Gasteiger partial charge in [0.15, 0.2) is 0 Å². The van der Waals surface area contributed by atoms with E-state index in [9.17, 15) is 0 Å². The van der Waals surface area contributed by atoms with Crippen LogP contribution in [-0.2, 0) is 12.3 Å². The van der Waals surface area contributed by atoms with Crippen LogP contribution < -0.4 is 0 Å². The van der Waals surface area contributed by atoms with Crippen molar-refractivity contribution in [3.8, 4) is 0 Å². The molecule has 0 aromatic heterocycles. The summed E-state index contributed by atoms with van der Waals surface area (Å²) < 4.78 is 0. The van der Waals surface area contributed by atoms with Gasteiger partial charge in [0.2, 0.25) is 0 Å². The highest BCUT2D eigenvalue weighted by molar-refractivity contribution is 6.17. The quantitative estimate of drug-likeness (QED) is 0.680. The molecule has 2 aromatic rings. The van der Waals surface area contributed by atoms with E-state index in [-0.39, 0.29) is 0 Å². The van der Waals surface area contributed by atoms with Crippen molar-refractivity contribution < 1.29 is 0 Å². The molecule has 0 spiro atoms. The molecule has 0 saturated carbocycles. The van der Waals surface area contributed by atoms with Gasteiger partial charge in [0.05, 0.1) is 0 Å². The predicted molar refractivity (Wildman–Crippen MR) is 65.2 cm³/mol. The van der Waals surface area contributed by atoms with Crippen LogP contribution in [0.2, 0.25) is 0 Å². The summed E-state index contributed by atoms with van der Waals surface area (Å²) in [7, 11) is 0. The summed E-state index contributed by atoms with van der Waals surface area (Å²) in [4.78, 5) is 0. The zero-order valence-electron chi connectivity index (χ0n) is 8.49. The molecule has 15 heavy (non-hydrogen) atoms. The van der Waals surface area contributed by atoms with E-state index in [0.29, 0.717) is 5.88 Å². The number of benzene rings is 2. The molecule has 0 saturated heterocycles. The molecule has 0 bridgehead atoms. The maximum absolute atomic E-state index is 5.74. The van der Waals surface area contributed by atoms with E-state index < -0.39 is 0 Å². The molecule has 0 heterocycles. The van der Waals surface area contributed by atoms with Crippen molar-refractivity contribution in [1.29, 1.82) is 0 Å². The minimum absolute atomic E-state index is 0.589. The van der Waals surface area contributed by atoms with Crippen molar-refractivity contribution in [2.75, 3.05) is 0 Å². The smallest absolute Gasteiger partial charge is 0.0474 e. The van der Waals surface area contributed by atoms with E-state index in [1.165, 1.54) is 16.7 Å². The summed E-state index contributed by atoms with van der Waals surface area (Å²) in [6, 6.07) is 18.9. The molecule has 1 heteroatoms. The van der Waals surface area contributed by atoms with Crippen molar-refractivity contribution in [1.82, 2.24) is 0 Å². The number of hydrogen-bond acceptors (Lipinski definition) is 0. The van der Waals surface area contributed by atoms with Crippen molar-refractivity contribution in [3.63, 3.8) is 0 Å². The minimum Gasteiger partial charge on any atom is -0.122 e. The van der Waals surface area contributed by atoms with Crippen molar-refractivity contribution >= 4 is 11.6 Å². The zero-order chi connectivity index (χ0) is 10.5. The second kappa shape index (κ2) is 4.99. The van der Waals surface area contributed by atoms with E-state index in [2.05, 4.69) is 48.5 Å². The van der Waals surface area contributed by atoms with Crippen LogP contribution in [0.15, 0.2) is 54.6 Å². The van der Waals surface area contributed by atoms with Gasteiger partial charge in [-0.15, -0.1) is 11.6 Å². The van der Waals surface area contributed by atoms with Gasteiger partial charge in [-0.1, -0.05) is 54.6 Å². The highest BCUT2D eigenvalue weighted by atomic mass is 35.5. The van der Waals surface area contributed by atoms with E-state index in [4.69, 9.17) is 11.6 Å². The molecule has 0 nitrogen and oxygen atoms in total. The third-order valence-electron chi connectivity index (χ3n) is 2.43. The van der Waals surface area contributed by atoms with Crippen LogP contribution >= 0.6 is 11.6 Å². The second-order valence-corrected chi connectivity index (χ2v) is 3.88. The summed E-state index contributed by atoms with van der Waals surface area (Å²) in [5.74, 6) is 0.589. The van der Waals surface area contributed by atoms with Gasteiger partial charge in [-0.2, -0.15) is 0 Å². The Labute approximate surface area is 95.5 Å². The molecule has 0 unspecified atom stereocenters. The fourth-order valence-corrected chi connectivity index (χ4v) is 1.76. The number of rotatable bonds is 3. The molecular weight excluding hydrogens is 204 g/mol. The predicted octanol–water partition coefficient (Wildman–Crippen LogP) is 4.02. The first kappa shape index (κ1) is 10.3. The maximum Gasteiger partial charge on any atom is 0.0474 e. The van der Waals surface area contributed by atoms with E-state index in [1.54, 1.807) is 0 Å². The largest absolute Gasteiger partial charge is 0.122 e. The molecule has 0 aliphatic heterocycles. The molecule has 0 atom stereocenters. The number of hydrogen-bond donors (Lipinski definition) is 0. The zero-order valence-corrected chi connectivity index (χ0v) is 9.24. The summed E-state index contributed by atoms with van der Waals surface area (Å²) in [6.45, 7) is 0. The van der Waals surface area contributed by atoms with Crippen molar-refractivity contribution in [2.45, 2.75) is 12.3 Å². The van der Waals surface area contributed by atoms with Crippen LogP contribution in [0.1, 0.15) is 16.7 Å². The first-order chi connectivity index (χ1) is 7.38. The van der Waals surface area contributed by atoms with Gasteiger partial charge in [0, 0.05) is 5.88 Å². The molecule has 0 fully saturated rings. The third-order valence-corrected chi connectivity index (χ3v) is 2.74. The SMILES string of the molecule is ClCc1ccc(Cc2ccccc2)cc1. The number of halogens is 1. The maximum atomic E-state index is 5.74. The lowest BCUT2D eigenvalue weighted by atomic mass is 10.0. The van der Waals surface area contributed by atoms with Crippen LogP contribution in [0, 0.1) is 0 Å². The van der Waals surface area contributed by atoms with Gasteiger partial charge < -0.3 is 0 Å². The van der Waals surface area contributed by atoms with E-state index in [0.717, 1.165) is 6.42 Å². The Morgan fingerprint density at radius 3 is 1.80 bits per heavy atom. The van der Waals surface area contributed by atoms with Gasteiger partial charge in [-0.05, 0) is 23.1 Å². The van der Waals surface area contributed by atoms with E-state index >= 15 is 0 Å². The Kier molecular flexibility index (Phi) is 3.41. The summed E-state index contributed by atoms with van der Waals surface area (Å²) >= 11 is 5.74. The van der Waals surface area contributed by atoms with E-state index in [1.807, 2.05) is 6.07 Å². The standard InChI is InChI=1S/C14H13Cl/c15-11-14-8-6-13(7-9-14)10-12-4-2-1-3-5-12/h1-9H,10-11H2. The summed E-state index contributed by atoms with van der Waals surface area (Å²) in [5.41, 5.74) is 3.85. The van der Waals surface area contributed by atoms with Crippen LogP contribution in [0.4, 0.5) is 0 Å². The molecule has 0 aliphatic carbocycles. The molecule has 76 valence electrons. The third kappa shape index (κ3) is 2.84. The van der Waals surface area contributed by atoms with Gasteiger partial charge in [0.25, 0.3) is 0 Å². The highest BCUT2D eigenvalue weighted by Gasteiger charge is 1.95. The Morgan fingerprint density at radius 1 is 0.667 bits per heavy atom. The summed E-state index contributed by atoms with van der Waals surface area (Å²) in [5, 5.41) is 0. The fourth-order valence-electron chi connectivity index (χ4n) is 1.58. The van der Waals surface area contributed by atoms with Crippen LogP contribution in [0.25, 0.3) is 0 Å².